The van der Waals surface area contributed by atoms with Crippen LogP contribution in [0, 0.1) is 0 Å². The molecule has 0 saturated carbocycles. The van der Waals surface area contributed by atoms with E-state index in [2.05, 4.69) is 0 Å². The minimum atomic E-state index is -0.585. The van der Waals surface area contributed by atoms with E-state index in [1.165, 1.54) is 0 Å². The van der Waals surface area contributed by atoms with Crippen molar-refractivity contribution < 1.29 is 23.5 Å². The molecule has 3 amide bonds. The molecule has 2 aliphatic rings. The molecule has 1 fully saturated rings. The zero-order chi connectivity index (χ0) is 20.5. The van der Waals surface area contributed by atoms with Crippen LogP contribution in [-0.2, 0) is 4.74 Å². The number of imide groups is 1. The Labute approximate surface area is 163 Å². The number of nitrogens with zero attached hydrogens (tertiary/aromatic N) is 2. The van der Waals surface area contributed by atoms with Crippen molar-refractivity contribution in [2.24, 2.45) is 0 Å². The maximum atomic E-state index is 14.9. The topological polar surface area (TPSA) is 66.9 Å². The molecule has 1 saturated heterocycles. The van der Waals surface area contributed by atoms with Crippen LogP contribution in [0.15, 0.2) is 35.7 Å². The Morgan fingerprint density at radius 2 is 1.68 bits per heavy atom. The molecule has 150 valence electrons. The highest BCUT2D eigenvalue weighted by molar-refractivity contribution is 6.21. The van der Waals surface area contributed by atoms with Crippen molar-refractivity contribution in [2.75, 3.05) is 19.6 Å². The maximum Gasteiger partial charge on any atom is 0.410 e. The quantitative estimate of drug-likeness (QED) is 0.720. The first-order valence-electron chi connectivity index (χ1n) is 9.47. The molecule has 0 aliphatic carbocycles. The highest BCUT2D eigenvalue weighted by Gasteiger charge is 2.36. The summed E-state index contributed by atoms with van der Waals surface area (Å²) in [4.78, 5) is 39.6. The summed E-state index contributed by atoms with van der Waals surface area (Å²) in [7, 11) is 0. The van der Waals surface area contributed by atoms with Crippen LogP contribution in [0.1, 0.15) is 60.7 Å². The zero-order valence-electron chi connectivity index (χ0n) is 16.5. The predicted octanol–water partition coefficient (Wildman–Crippen LogP) is 3.93. The lowest BCUT2D eigenvalue weighted by Gasteiger charge is -2.26. The van der Waals surface area contributed by atoms with Gasteiger partial charge in [-0.05, 0) is 57.7 Å². The Bertz CT molecular complexity index is 806. The molecular weight excluding hydrogens is 363 g/mol. The van der Waals surface area contributed by atoms with Gasteiger partial charge in [-0.25, -0.2) is 9.18 Å². The van der Waals surface area contributed by atoms with Crippen LogP contribution in [0.3, 0.4) is 0 Å². The summed E-state index contributed by atoms with van der Waals surface area (Å²) in [5.41, 5.74) is 0.575. The number of hydrogen-bond acceptors (Lipinski definition) is 4. The fourth-order valence-corrected chi connectivity index (χ4v) is 3.40. The van der Waals surface area contributed by atoms with Gasteiger partial charge in [-0.2, -0.15) is 0 Å². The van der Waals surface area contributed by atoms with Gasteiger partial charge < -0.3 is 9.64 Å². The van der Waals surface area contributed by atoms with Gasteiger partial charge in [0.15, 0.2) is 0 Å². The van der Waals surface area contributed by atoms with E-state index in [1.54, 1.807) is 49.9 Å². The zero-order valence-corrected chi connectivity index (χ0v) is 16.5. The van der Waals surface area contributed by atoms with Crippen LogP contribution in [0.4, 0.5) is 9.18 Å². The smallest absolute Gasteiger partial charge is 0.410 e. The van der Waals surface area contributed by atoms with E-state index in [0.717, 1.165) is 4.90 Å². The van der Waals surface area contributed by atoms with Crippen molar-refractivity contribution in [3.8, 4) is 0 Å². The lowest BCUT2D eigenvalue weighted by Crippen LogP contribution is -2.37. The van der Waals surface area contributed by atoms with E-state index in [1.807, 2.05) is 0 Å². The fraction of sp³-hybridized carbons (Fsp3) is 0.476. The molecule has 0 N–H and O–H groups in total. The third-order valence-corrected chi connectivity index (χ3v) is 4.80. The Balaban J connectivity index is 1.67. The van der Waals surface area contributed by atoms with Crippen molar-refractivity contribution in [3.05, 3.63) is 46.8 Å². The second-order valence-corrected chi connectivity index (χ2v) is 8.07. The number of amides is 3. The number of benzene rings is 1. The normalized spacial score (nSPS) is 19.4. The molecule has 2 aliphatic heterocycles. The molecule has 0 unspecified atom stereocenters. The number of carbonyl (C=O) groups is 3. The number of ether oxygens (including phenoxy) is 1. The number of carbonyl (C=O) groups excluding carboxylic acids is 3. The van der Waals surface area contributed by atoms with E-state index in [0.29, 0.717) is 49.1 Å². The van der Waals surface area contributed by atoms with E-state index >= 15 is 0 Å². The number of likely N-dealkylation sites (tertiary alicyclic amines) is 1. The molecule has 0 radical (unpaired) electrons. The van der Waals surface area contributed by atoms with Gasteiger partial charge in [0.05, 0.1) is 17.7 Å². The molecule has 6 nitrogen and oxygen atoms in total. The Hall–Kier alpha value is -2.70. The van der Waals surface area contributed by atoms with E-state index in [9.17, 15) is 18.8 Å². The first-order chi connectivity index (χ1) is 13.2. The monoisotopic (exact) mass is 388 g/mol. The summed E-state index contributed by atoms with van der Waals surface area (Å²) in [6.07, 6.45) is 1.03. The molecule has 0 atom stereocenters. The van der Waals surface area contributed by atoms with E-state index in [4.69, 9.17) is 4.74 Å². The summed E-state index contributed by atoms with van der Waals surface area (Å²) < 4.78 is 20.3. The molecule has 1 aromatic rings. The second-order valence-electron chi connectivity index (χ2n) is 8.07. The second kappa shape index (κ2) is 7.73. The molecule has 28 heavy (non-hydrogen) atoms. The average molecular weight is 388 g/mol. The van der Waals surface area contributed by atoms with Crippen LogP contribution in [0.5, 0.6) is 0 Å². The minimum absolute atomic E-state index is 0.308. The third kappa shape index (κ3) is 4.24. The summed E-state index contributed by atoms with van der Waals surface area (Å²) in [6.45, 7) is 5.87. The SMILES string of the molecule is CC(C)(C)OC(=O)N1CCCC(=C(F)CN2C(=O)c3ccccc3C2=O)CC1. The van der Waals surface area contributed by atoms with E-state index in [-0.39, 0.29) is 6.54 Å². The van der Waals surface area contributed by atoms with Crippen molar-refractivity contribution in [2.45, 2.75) is 45.6 Å². The van der Waals surface area contributed by atoms with Gasteiger partial charge in [0.2, 0.25) is 0 Å². The first-order valence-corrected chi connectivity index (χ1v) is 9.47. The predicted molar refractivity (Wildman–Crippen MR) is 102 cm³/mol. The molecular formula is C21H25FN2O4. The molecule has 1 aromatic carbocycles. The molecule has 2 heterocycles. The Morgan fingerprint density at radius 1 is 1.07 bits per heavy atom. The molecule has 0 spiro atoms. The van der Waals surface area contributed by atoms with Crippen LogP contribution < -0.4 is 0 Å². The first kappa shape index (κ1) is 20.0. The molecule has 3 rings (SSSR count). The summed E-state index contributed by atoms with van der Waals surface area (Å²) in [5.74, 6) is -1.42. The van der Waals surface area contributed by atoms with Gasteiger partial charge in [-0.3, -0.25) is 14.5 Å². The maximum absolute atomic E-state index is 14.9. The van der Waals surface area contributed by atoms with Gasteiger partial charge >= 0.3 is 6.09 Å². The lowest BCUT2D eigenvalue weighted by molar-refractivity contribution is 0.0258. The van der Waals surface area contributed by atoms with Crippen molar-refractivity contribution >= 4 is 17.9 Å². The van der Waals surface area contributed by atoms with Gasteiger partial charge in [-0.1, -0.05) is 12.1 Å². The van der Waals surface area contributed by atoms with Gasteiger partial charge in [0.1, 0.15) is 11.4 Å². The van der Waals surface area contributed by atoms with Gasteiger partial charge in [0.25, 0.3) is 11.8 Å². The van der Waals surface area contributed by atoms with E-state index < -0.39 is 29.3 Å². The number of hydrogen-bond donors (Lipinski definition) is 0. The summed E-state index contributed by atoms with van der Waals surface area (Å²) in [5, 5.41) is 0. The summed E-state index contributed by atoms with van der Waals surface area (Å²) >= 11 is 0. The van der Waals surface area contributed by atoms with Crippen molar-refractivity contribution in [3.63, 3.8) is 0 Å². The van der Waals surface area contributed by atoms with Gasteiger partial charge in [0, 0.05) is 13.1 Å². The average Bonchev–Trinajstić information content (AvgIpc) is 2.82. The standard InChI is InChI=1S/C21H25FN2O4/c1-21(2,3)28-20(27)23-11-6-7-14(10-12-23)17(22)13-24-18(25)15-8-4-5-9-16(15)19(24)26/h4-5,8-9H,6-7,10-13H2,1-3H3. The molecule has 7 heteroatoms. The third-order valence-electron chi connectivity index (χ3n) is 4.80. The molecule has 0 bridgehead atoms. The number of rotatable bonds is 2. The Morgan fingerprint density at radius 3 is 2.25 bits per heavy atom. The van der Waals surface area contributed by atoms with Gasteiger partial charge in [-0.15, -0.1) is 0 Å². The molecule has 0 aromatic heterocycles. The van der Waals surface area contributed by atoms with Crippen LogP contribution in [0.25, 0.3) is 0 Å². The summed E-state index contributed by atoms with van der Waals surface area (Å²) in [6, 6.07) is 6.51. The number of halogens is 1. The lowest BCUT2D eigenvalue weighted by atomic mass is 10.1. The fourth-order valence-electron chi connectivity index (χ4n) is 3.40. The van der Waals surface area contributed by atoms with Crippen LogP contribution >= 0.6 is 0 Å². The Kier molecular flexibility index (Phi) is 5.54. The van der Waals surface area contributed by atoms with Crippen molar-refractivity contribution in [1.29, 1.82) is 0 Å². The van der Waals surface area contributed by atoms with Crippen molar-refractivity contribution in [1.82, 2.24) is 9.80 Å². The minimum Gasteiger partial charge on any atom is -0.444 e. The van der Waals surface area contributed by atoms with Crippen LogP contribution in [0.2, 0.25) is 0 Å². The number of fused-ring (bicyclic) bond motifs is 1. The highest BCUT2D eigenvalue weighted by Crippen LogP contribution is 2.27. The highest BCUT2D eigenvalue weighted by atomic mass is 19.1. The van der Waals surface area contributed by atoms with Crippen LogP contribution in [-0.4, -0.2) is 52.9 Å². The largest absolute Gasteiger partial charge is 0.444 e.